The predicted octanol–water partition coefficient (Wildman–Crippen LogP) is 3.59. The summed E-state index contributed by atoms with van der Waals surface area (Å²) in [6, 6.07) is 10.3. The van der Waals surface area contributed by atoms with Gasteiger partial charge < -0.3 is 10.5 Å². The number of nitrogens with zero attached hydrogens (tertiary/aromatic N) is 2. The van der Waals surface area contributed by atoms with Crippen molar-refractivity contribution in [2.75, 3.05) is 0 Å². The van der Waals surface area contributed by atoms with Crippen molar-refractivity contribution in [2.24, 2.45) is 5.73 Å². The van der Waals surface area contributed by atoms with Crippen molar-refractivity contribution in [1.29, 1.82) is 0 Å². The smallest absolute Gasteiger partial charge is 0.348 e. The first kappa shape index (κ1) is 26.4. The minimum absolute atomic E-state index is 0.0614. The summed E-state index contributed by atoms with van der Waals surface area (Å²) in [6.45, 7) is 6.03. The topological polar surface area (TPSA) is 113 Å². The van der Waals surface area contributed by atoms with Crippen LogP contribution in [0.4, 0.5) is 0 Å². The van der Waals surface area contributed by atoms with Gasteiger partial charge in [0.15, 0.2) is 0 Å². The van der Waals surface area contributed by atoms with Gasteiger partial charge >= 0.3 is 17.6 Å². The molecule has 1 aromatic heterocycles. The van der Waals surface area contributed by atoms with Crippen molar-refractivity contribution in [3.05, 3.63) is 90.2 Å². The van der Waals surface area contributed by atoms with Gasteiger partial charge in [-0.05, 0) is 50.5 Å². The SMILES string of the molecule is CCn1c(C)c(-c2ccc(C[C@H](N)C(=O)OC(=O)c3c(Cl)cccc3Cl)cc2)c(=O)n(CC)c1=O. The second-order valence-corrected chi connectivity index (χ2v) is 8.66. The molecule has 0 fully saturated rings. The first-order valence-corrected chi connectivity index (χ1v) is 11.7. The highest BCUT2D eigenvalue weighted by atomic mass is 35.5. The van der Waals surface area contributed by atoms with Crippen LogP contribution in [0.15, 0.2) is 52.1 Å². The largest absolute Gasteiger partial charge is 0.388 e. The summed E-state index contributed by atoms with van der Waals surface area (Å²) in [5.74, 6) is -1.91. The van der Waals surface area contributed by atoms with Gasteiger partial charge in [0.05, 0.1) is 21.2 Å². The number of carbonyl (C=O) groups is 2. The molecule has 2 aromatic carbocycles. The number of hydrogen-bond donors (Lipinski definition) is 1. The quantitative estimate of drug-likeness (QED) is 0.378. The number of rotatable bonds is 7. The molecule has 0 saturated heterocycles. The highest BCUT2D eigenvalue weighted by molar-refractivity contribution is 6.39. The molecule has 2 N–H and O–H groups in total. The van der Waals surface area contributed by atoms with Crippen molar-refractivity contribution in [3.8, 4) is 11.1 Å². The lowest BCUT2D eigenvalue weighted by atomic mass is 10.0. The van der Waals surface area contributed by atoms with E-state index in [1.165, 1.54) is 16.7 Å². The fourth-order valence-corrected chi connectivity index (χ4v) is 4.39. The summed E-state index contributed by atoms with van der Waals surface area (Å²) in [5, 5.41) is 0.123. The van der Waals surface area contributed by atoms with Crippen molar-refractivity contribution in [2.45, 2.75) is 46.3 Å². The van der Waals surface area contributed by atoms with Crippen molar-refractivity contribution >= 4 is 35.1 Å². The predicted molar refractivity (Wildman–Crippen MR) is 135 cm³/mol. The second kappa shape index (κ2) is 11.0. The van der Waals surface area contributed by atoms with E-state index in [1.54, 1.807) is 48.7 Å². The van der Waals surface area contributed by atoms with E-state index in [0.717, 1.165) is 0 Å². The number of nitrogens with two attached hydrogens (primary N) is 1. The third-order valence-electron chi connectivity index (χ3n) is 5.68. The van der Waals surface area contributed by atoms with E-state index in [-0.39, 0.29) is 39.8 Å². The fraction of sp³-hybridized carbons (Fsp3) is 0.280. The highest BCUT2D eigenvalue weighted by Crippen LogP contribution is 2.25. The van der Waals surface area contributed by atoms with Crippen LogP contribution in [-0.2, 0) is 29.0 Å². The van der Waals surface area contributed by atoms with Crippen LogP contribution in [0.5, 0.6) is 0 Å². The Morgan fingerprint density at radius 1 is 0.971 bits per heavy atom. The van der Waals surface area contributed by atoms with E-state index in [0.29, 0.717) is 28.9 Å². The zero-order chi connectivity index (χ0) is 25.9. The van der Waals surface area contributed by atoms with Gasteiger partial charge in [0.25, 0.3) is 5.56 Å². The molecule has 0 unspecified atom stereocenters. The molecule has 3 rings (SSSR count). The lowest BCUT2D eigenvalue weighted by molar-refractivity contribution is -0.139. The van der Waals surface area contributed by atoms with E-state index in [2.05, 4.69) is 0 Å². The van der Waals surface area contributed by atoms with Crippen LogP contribution >= 0.6 is 23.2 Å². The van der Waals surface area contributed by atoms with E-state index in [1.807, 2.05) is 6.92 Å². The maximum atomic E-state index is 12.9. The second-order valence-electron chi connectivity index (χ2n) is 7.85. The Kier molecular flexibility index (Phi) is 8.32. The molecule has 0 aliphatic carbocycles. The normalized spacial score (nSPS) is 11.8. The molecular formula is C25H25Cl2N3O5. The number of benzene rings is 2. The number of esters is 2. The van der Waals surface area contributed by atoms with Crippen molar-refractivity contribution in [3.63, 3.8) is 0 Å². The molecule has 0 bridgehead atoms. The summed E-state index contributed by atoms with van der Waals surface area (Å²) in [6.07, 6.45) is 0.0925. The third kappa shape index (κ3) is 5.40. The van der Waals surface area contributed by atoms with Gasteiger partial charge in [-0.1, -0.05) is 53.5 Å². The molecule has 8 nitrogen and oxygen atoms in total. The highest BCUT2D eigenvalue weighted by Gasteiger charge is 2.24. The Bertz CT molecular complexity index is 1370. The molecule has 184 valence electrons. The molecule has 10 heteroatoms. The lowest BCUT2D eigenvalue weighted by Gasteiger charge is -2.16. The van der Waals surface area contributed by atoms with Crippen LogP contribution in [0, 0.1) is 6.92 Å². The van der Waals surface area contributed by atoms with E-state index < -0.39 is 18.0 Å². The van der Waals surface area contributed by atoms with Gasteiger partial charge in [0, 0.05) is 18.8 Å². The summed E-state index contributed by atoms with van der Waals surface area (Å²) < 4.78 is 7.63. The summed E-state index contributed by atoms with van der Waals surface area (Å²) in [7, 11) is 0. The fourth-order valence-electron chi connectivity index (χ4n) is 3.84. The number of carbonyl (C=O) groups excluding carboxylic acids is 2. The summed E-state index contributed by atoms with van der Waals surface area (Å²) >= 11 is 12.0. The zero-order valence-corrected chi connectivity index (χ0v) is 21.0. The monoisotopic (exact) mass is 517 g/mol. The van der Waals surface area contributed by atoms with Crippen LogP contribution < -0.4 is 17.0 Å². The van der Waals surface area contributed by atoms with Gasteiger partial charge in [-0.25, -0.2) is 14.4 Å². The van der Waals surface area contributed by atoms with Gasteiger partial charge in [0.1, 0.15) is 6.04 Å². The molecule has 1 atom stereocenters. The van der Waals surface area contributed by atoms with Crippen molar-refractivity contribution in [1.82, 2.24) is 9.13 Å². The molecule has 0 aliphatic rings. The summed E-state index contributed by atoms with van der Waals surface area (Å²) in [5.41, 5.74) is 7.50. The molecule has 35 heavy (non-hydrogen) atoms. The Morgan fingerprint density at radius 2 is 1.54 bits per heavy atom. The third-order valence-corrected chi connectivity index (χ3v) is 6.31. The summed E-state index contributed by atoms with van der Waals surface area (Å²) in [4.78, 5) is 50.2. The first-order valence-electron chi connectivity index (χ1n) is 11.0. The Hall–Kier alpha value is -3.20. The Balaban J connectivity index is 1.79. The number of ether oxygens (including phenoxy) is 1. The maximum absolute atomic E-state index is 12.9. The minimum Gasteiger partial charge on any atom is -0.388 e. The van der Waals surface area contributed by atoms with E-state index in [9.17, 15) is 19.2 Å². The average molecular weight is 518 g/mol. The van der Waals surface area contributed by atoms with Crippen LogP contribution in [0.25, 0.3) is 11.1 Å². The molecule has 0 amide bonds. The molecule has 0 aliphatic heterocycles. The van der Waals surface area contributed by atoms with Crippen LogP contribution in [0.2, 0.25) is 10.0 Å². The maximum Gasteiger partial charge on any atom is 0.348 e. The molecule has 1 heterocycles. The number of hydrogen-bond acceptors (Lipinski definition) is 6. The van der Waals surface area contributed by atoms with Crippen LogP contribution in [0.1, 0.15) is 35.5 Å². The number of aromatic nitrogens is 2. The molecule has 0 spiro atoms. The van der Waals surface area contributed by atoms with Gasteiger partial charge in [-0.15, -0.1) is 0 Å². The molecule has 0 saturated carbocycles. The van der Waals surface area contributed by atoms with Gasteiger partial charge in [-0.2, -0.15) is 0 Å². The minimum atomic E-state index is -1.12. The number of halogens is 2. The van der Waals surface area contributed by atoms with Gasteiger partial charge in [0.2, 0.25) is 0 Å². The van der Waals surface area contributed by atoms with Crippen LogP contribution in [0.3, 0.4) is 0 Å². The molecule has 3 aromatic rings. The first-order chi connectivity index (χ1) is 16.6. The Morgan fingerprint density at radius 3 is 2.09 bits per heavy atom. The average Bonchev–Trinajstić information content (AvgIpc) is 2.80. The standard InChI is InChI=1S/C25H25Cl2N3O5/c1-4-29-14(3)20(22(31)30(5-2)25(29)34)16-11-9-15(10-12-16)13-19(28)23(32)35-24(33)21-17(26)7-6-8-18(21)27/h6-12,19H,4-5,13,28H2,1-3H3/t19-/m0/s1. The lowest BCUT2D eigenvalue weighted by Crippen LogP contribution is -2.41. The van der Waals surface area contributed by atoms with Crippen molar-refractivity contribution < 1.29 is 14.3 Å². The molecular weight excluding hydrogens is 493 g/mol. The van der Waals surface area contributed by atoms with E-state index in [4.69, 9.17) is 33.7 Å². The molecule has 0 radical (unpaired) electrons. The van der Waals surface area contributed by atoms with E-state index >= 15 is 0 Å². The zero-order valence-electron chi connectivity index (χ0n) is 19.5. The Labute approximate surface area is 211 Å². The van der Waals surface area contributed by atoms with Gasteiger partial charge in [-0.3, -0.25) is 13.9 Å². The van der Waals surface area contributed by atoms with Crippen LogP contribution in [-0.4, -0.2) is 27.1 Å².